The monoisotopic (exact) mass is 286 g/mol. The number of piperidine rings is 1. The molecule has 1 aliphatic rings. The van der Waals surface area contributed by atoms with Gasteiger partial charge in [0.1, 0.15) is 0 Å². The molecule has 1 aliphatic heterocycles. The molecule has 2 rings (SSSR count). The molecule has 114 valence electrons. The van der Waals surface area contributed by atoms with Gasteiger partial charge in [0.25, 0.3) is 0 Å². The van der Waals surface area contributed by atoms with Crippen LogP contribution >= 0.6 is 0 Å². The molecule has 0 bridgehead atoms. The number of carbonyl (C=O) groups is 1. The SMILES string of the molecule is CC1(C)CC(NC(=O)C=Cc2ccccc2)CC(C)(C)N1. The smallest absolute Gasteiger partial charge is 0.244 e. The lowest BCUT2D eigenvalue weighted by molar-refractivity contribution is -0.117. The van der Waals surface area contributed by atoms with Crippen LogP contribution in [0.1, 0.15) is 46.1 Å². The lowest BCUT2D eigenvalue weighted by Gasteiger charge is -2.46. The number of carbonyl (C=O) groups excluding carboxylic acids is 1. The van der Waals surface area contributed by atoms with Gasteiger partial charge >= 0.3 is 0 Å². The van der Waals surface area contributed by atoms with Crippen molar-refractivity contribution in [2.24, 2.45) is 0 Å². The number of hydrogen-bond donors (Lipinski definition) is 2. The van der Waals surface area contributed by atoms with Crippen LogP contribution in [0.25, 0.3) is 6.08 Å². The van der Waals surface area contributed by atoms with Gasteiger partial charge in [0.05, 0.1) is 0 Å². The van der Waals surface area contributed by atoms with Gasteiger partial charge in [0.15, 0.2) is 0 Å². The molecule has 1 aromatic rings. The molecule has 0 saturated carbocycles. The van der Waals surface area contributed by atoms with E-state index in [0.29, 0.717) is 0 Å². The van der Waals surface area contributed by atoms with Crippen LogP contribution < -0.4 is 10.6 Å². The topological polar surface area (TPSA) is 41.1 Å². The molecule has 3 nitrogen and oxygen atoms in total. The van der Waals surface area contributed by atoms with E-state index >= 15 is 0 Å². The van der Waals surface area contributed by atoms with Crippen LogP contribution in [0.5, 0.6) is 0 Å². The van der Waals surface area contributed by atoms with Gasteiger partial charge in [-0.3, -0.25) is 4.79 Å². The van der Waals surface area contributed by atoms with Gasteiger partial charge in [-0.1, -0.05) is 30.3 Å². The van der Waals surface area contributed by atoms with Crippen LogP contribution in [0, 0.1) is 0 Å². The highest BCUT2D eigenvalue weighted by Crippen LogP contribution is 2.28. The largest absolute Gasteiger partial charge is 0.350 e. The molecule has 3 heteroatoms. The van der Waals surface area contributed by atoms with E-state index in [0.717, 1.165) is 18.4 Å². The van der Waals surface area contributed by atoms with E-state index in [-0.39, 0.29) is 23.0 Å². The normalized spacial score (nSPS) is 21.3. The first-order valence-corrected chi connectivity index (χ1v) is 7.59. The third-order valence-corrected chi connectivity index (χ3v) is 3.76. The zero-order chi connectivity index (χ0) is 15.5. The van der Waals surface area contributed by atoms with E-state index in [1.807, 2.05) is 36.4 Å². The molecule has 0 aromatic heterocycles. The molecule has 1 fully saturated rings. The van der Waals surface area contributed by atoms with Crippen LogP contribution in [0.15, 0.2) is 36.4 Å². The maximum Gasteiger partial charge on any atom is 0.244 e. The molecule has 1 heterocycles. The molecular weight excluding hydrogens is 260 g/mol. The summed E-state index contributed by atoms with van der Waals surface area (Å²) in [5, 5.41) is 6.76. The first kappa shape index (κ1) is 15.8. The Labute approximate surface area is 127 Å². The van der Waals surface area contributed by atoms with Gasteiger partial charge in [-0.2, -0.15) is 0 Å². The molecule has 0 radical (unpaired) electrons. The third-order valence-electron chi connectivity index (χ3n) is 3.76. The van der Waals surface area contributed by atoms with E-state index < -0.39 is 0 Å². The van der Waals surface area contributed by atoms with Crippen molar-refractivity contribution in [3.8, 4) is 0 Å². The fourth-order valence-electron chi connectivity index (χ4n) is 3.41. The third kappa shape index (κ3) is 5.01. The maximum absolute atomic E-state index is 12.1. The molecule has 0 atom stereocenters. The molecule has 21 heavy (non-hydrogen) atoms. The van der Waals surface area contributed by atoms with Crippen molar-refractivity contribution < 1.29 is 4.79 Å². The van der Waals surface area contributed by atoms with Crippen LogP contribution in [-0.2, 0) is 4.79 Å². The second-order valence-corrected chi connectivity index (χ2v) is 7.25. The van der Waals surface area contributed by atoms with Gasteiger partial charge in [-0.15, -0.1) is 0 Å². The standard InChI is InChI=1S/C18H26N2O/c1-17(2)12-15(13-18(3,4)20-17)19-16(21)11-10-14-8-6-5-7-9-14/h5-11,15,20H,12-13H2,1-4H3,(H,19,21). The van der Waals surface area contributed by atoms with Gasteiger partial charge in [0, 0.05) is 23.2 Å². The zero-order valence-corrected chi connectivity index (χ0v) is 13.4. The molecule has 1 amide bonds. The Hall–Kier alpha value is -1.61. The van der Waals surface area contributed by atoms with E-state index in [9.17, 15) is 4.79 Å². The van der Waals surface area contributed by atoms with Crippen molar-refractivity contribution in [1.29, 1.82) is 0 Å². The maximum atomic E-state index is 12.1. The summed E-state index contributed by atoms with van der Waals surface area (Å²) < 4.78 is 0. The fourth-order valence-corrected chi connectivity index (χ4v) is 3.41. The van der Waals surface area contributed by atoms with E-state index in [1.54, 1.807) is 6.08 Å². The summed E-state index contributed by atoms with van der Waals surface area (Å²) in [5.74, 6) is -0.0163. The van der Waals surface area contributed by atoms with Gasteiger partial charge in [0.2, 0.25) is 5.91 Å². The summed E-state index contributed by atoms with van der Waals surface area (Å²) >= 11 is 0. The Kier molecular flexibility index (Phi) is 4.52. The minimum absolute atomic E-state index is 0.0163. The van der Waals surface area contributed by atoms with Gasteiger partial charge in [-0.25, -0.2) is 0 Å². The van der Waals surface area contributed by atoms with Crippen LogP contribution in [0.4, 0.5) is 0 Å². The summed E-state index contributed by atoms with van der Waals surface area (Å²) in [5.41, 5.74) is 1.13. The van der Waals surface area contributed by atoms with Crippen molar-refractivity contribution in [3.63, 3.8) is 0 Å². The van der Waals surface area contributed by atoms with E-state index in [4.69, 9.17) is 0 Å². The van der Waals surface area contributed by atoms with Crippen molar-refractivity contribution in [2.45, 2.75) is 57.7 Å². The first-order valence-electron chi connectivity index (χ1n) is 7.59. The highest BCUT2D eigenvalue weighted by atomic mass is 16.1. The summed E-state index contributed by atoms with van der Waals surface area (Å²) in [7, 11) is 0. The quantitative estimate of drug-likeness (QED) is 0.838. The van der Waals surface area contributed by atoms with Crippen molar-refractivity contribution >= 4 is 12.0 Å². The molecule has 2 N–H and O–H groups in total. The number of amides is 1. The summed E-state index contributed by atoms with van der Waals surface area (Å²) in [6.45, 7) is 8.75. The number of hydrogen-bond acceptors (Lipinski definition) is 2. The minimum Gasteiger partial charge on any atom is -0.350 e. The first-order chi connectivity index (χ1) is 9.76. The molecule has 1 aromatic carbocycles. The lowest BCUT2D eigenvalue weighted by atomic mass is 9.79. The molecule has 0 aliphatic carbocycles. The predicted molar refractivity (Wildman–Crippen MR) is 87.9 cm³/mol. The summed E-state index contributed by atoms with van der Waals surface area (Å²) in [6, 6.07) is 10.1. The van der Waals surface area contributed by atoms with Crippen LogP contribution in [0.2, 0.25) is 0 Å². The Morgan fingerprint density at radius 2 is 1.71 bits per heavy atom. The zero-order valence-electron chi connectivity index (χ0n) is 13.4. The second-order valence-electron chi connectivity index (χ2n) is 7.25. The van der Waals surface area contributed by atoms with Crippen LogP contribution in [-0.4, -0.2) is 23.0 Å². The Balaban J connectivity index is 1.95. The second kappa shape index (κ2) is 6.02. The summed E-state index contributed by atoms with van der Waals surface area (Å²) in [6.07, 6.45) is 5.37. The average Bonchev–Trinajstić information content (AvgIpc) is 2.33. The molecule has 0 spiro atoms. The number of nitrogens with one attached hydrogen (secondary N) is 2. The van der Waals surface area contributed by atoms with E-state index in [1.165, 1.54) is 0 Å². The van der Waals surface area contributed by atoms with Crippen molar-refractivity contribution in [1.82, 2.24) is 10.6 Å². The minimum atomic E-state index is -0.0163. The highest BCUT2D eigenvalue weighted by molar-refractivity contribution is 5.91. The lowest BCUT2D eigenvalue weighted by Crippen LogP contribution is -2.62. The number of rotatable bonds is 3. The Morgan fingerprint density at radius 3 is 2.29 bits per heavy atom. The highest BCUT2D eigenvalue weighted by Gasteiger charge is 2.37. The molecular formula is C18H26N2O. The van der Waals surface area contributed by atoms with Crippen LogP contribution in [0.3, 0.4) is 0 Å². The predicted octanol–water partition coefficient (Wildman–Crippen LogP) is 3.13. The molecule has 1 saturated heterocycles. The summed E-state index contributed by atoms with van der Waals surface area (Å²) in [4.78, 5) is 12.1. The van der Waals surface area contributed by atoms with Crippen molar-refractivity contribution in [3.05, 3.63) is 42.0 Å². The van der Waals surface area contributed by atoms with E-state index in [2.05, 4.69) is 38.3 Å². The average molecular weight is 286 g/mol. The van der Waals surface area contributed by atoms with Gasteiger partial charge in [-0.05, 0) is 52.2 Å². The number of benzene rings is 1. The molecule has 0 unspecified atom stereocenters. The Bertz CT molecular complexity index is 501. The van der Waals surface area contributed by atoms with Gasteiger partial charge < -0.3 is 10.6 Å². The Morgan fingerprint density at radius 1 is 1.14 bits per heavy atom. The fraction of sp³-hybridized carbons (Fsp3) is 0.500. The van der Waals surface area contributed by atoms with Crippen molar-refractivity contribution in [2.75, 3.05) is 0 Å².